The monoisotopic (exact) mass is 256 g/mol. The van der Waals surface area contributed by atoms with Gasteiger partial charge in [-0.2, -0.15) is 0 Å². The van der Waals surface area contributed by atoms with E-state index in [0.29, 0.717) is 25.3 Å². The minimum atomic E-state index is -0.837. The van der Waals surface area contributed by atoms with Gasteiger partial charge in [-0.1, -0.05) is 34.6 Å². The molecule has 0 saturated heterocycles. The number of amides is 2. The molecule has 104 valence electrons. The first-order valence-electron chi connectivity index (χ1n) is 6.44. The molecule has 2 N–H and O–H groups in total. The number of hydrogen-bond acceptors (Lipinski definition) is 3. The van der Waals surface area contributed by atoms with Gasteiger partial charge in [0.25, 0.3) is 5.91 Å². The van der Waals surface area contributed by atoms with Crippen LogP contribution in [0.4, 0.5) is 0 Å². The molecule has 5 nitrogen and oxygen atoms in total. The van der Waals surface area contributed by atoms with Gasteiger partial charge in [0.2, 0.25) is 5.91 Å². The van der Waals surface area contributed by atoms with Gasteiger partial charge in [-0.05, 0) is 18.8 Å². The Morgan fingerprint density at radius 1 is 1.28 bits per heavy atom. The van der Waals surface area contributed by atoms with E-state index in [1.54, 1.807) is 20.8 Å². The Balaban J connectivity index is 2.42. The maximum absolute atomic E-state index is 11.9. The fourth-order valence-electron chi connectivity index (χ4n) is 1.24. The highest BCUT2D eigenvalue weighted by Gasteiger charge is 2.53. The fraction of sp³-hybridized carbons (Fsp3) is 0.846. The summed E-state index contributed by atoms with van der Waals surface area (Å²) in [5.74, 6) is 0.0461. The lowest BCUT2D eigenvalue weighted by molar-refractivity contribution is -0.157. The second-order valence-corrected chi connectivity index (χ2v) is 6.38. The van der Waals surface area contributed by atoms with Crippen molar-refractivity contribution in [3.05, 3.63) is 0 Å². The van der Waals surface area contributed by atoms with E-state index in [1.165, 1.54) is 0 Å². The summed E-state index contributed by atoms with van der Waals surface area (Å²) in [4.78, 5) is 28.9. The summed E-state index contributed by atoms with van der Waals surface area (Å²) in [6, 6.07) is 0. The molecule has 0 aliphatic heterocycles. The molecular formula is C13H24N2O3. The zero-order valence-corrected chi connectivity index (χ0v) is 11.9. The fourth-order valence-corrected chi connectivity index (χ4v) is 1.24. The second-order valence-electron chi connectivity index (χ2n) is 6.38. The van der Waals surface area contributed by atoms with Crippen molar-refractivity contribution < 1.29 is 14.4 Å². The van der Waals surface area contributed by atoms with E-state index < -0.39 is 11.0 Å². The lowest BCUT2D eigenvalue weighted by Gasteiger charge is -2.21. The summed E-state index contributed by atoms with van der Waals surface area (Å²) >= 11 is 0. The molecule has 0 heterocycles. The predicted molar refractivity (Wildman–Crippen MR) is 68.5 cm³/mol. The van der Waals surface area contributed by atoms with E-state index in [0.717, 1.165) is 0 Å². The molecule has 0 aromatic carbocycles. The number of hydrogen-bond donors (Lipinski definition) is 2. The third-order valence-corrected chi connectivity index (χ3v) is 2.81. The maximum Gasteiger partial charge on any atom is 0.255 e. The zero-order chi connectivity index (χ0) is 14.0. The van der Waals surface area contributed by atoms with Crippen molar-refractivity contribution in [2.45, 2.75) is 53.1 Å². The van der Waals surface area contributed by atoms with Crippen LogP contribution in [-0.4, -0.2) is 24.0 Å². The maximum atomic E-state index is 11.9. The molecule has 1 aliphatic carbocycles. The normalized spacial score (nSPS) is 17.4. The molecule has 5 heteroatoms. The first kappa shape index (κ1) is 15.0. The van der Waals surface area contributed by atoms with Crippen LogP contribution in [0.25, 0.3) is 0 Å². The van der Waals surface area contributed by atoms with E-state index in [9.17, 15) is 9.59 Å². The van der Waals surface area contributed by atoms with E-state index >= 15 is 0 Å². The molecule has 18 heavy (non-hydrogen) atoms. The van der Waals surface area contributed by atoms with Crippen molar-refractivity contribution in [3.8, 4) is 0 Å². The van der Waals surface area contributed by atoms with E-state index in [-0.39, 0.29) is 11.8 Å². The summed E-state index contributed by atoms with van der Waals surface area (Å²) in [5.41, 5.74) is 1.03. The minimum Gasteiger partial charge on any atom is -0.353 e. The highest BCUT2D eigenvalue weighted by molar-refractivity contribution is 5.88. The predicted octanol–water partition coefficient (Wildman–Crippen LogP) is 1.39. The highest BCUT2D eigenvalue weighted by Crippen LogP contribution is 2.39. The van der Waals surface area contributed by atoms with Gasteiger partial charge in [0.05, 0.1) is 0 Å². The average molecular weight is 256 g/mol. The number of carbonyl (C=O) groups is 2. The van der Waals surface area contributed by atoms with Crippen LogP contribution >= 0.6 is 0 Å². The van der Waals surface area contributed by atoms with Gasteiger partial charge in [-0.3, -0.25) is 14.4 Å². The van der Waals surface area contributed by atoms with Gasteiger partial charge in [0.1, 0.15) is 0 Å². The molecule has 0 atom stereocenters. The van der Waals surface area contributed by atoms with Gasteiger partial charge in [0, 0.05) is 12.0 Å². The van der Waals surface area contributed by atoms with Crippen molar-refractivity contribution >= 4 is 11.8 Å². The number of hydroxylamine groups is 1. The molecule has 1 saturated carbocycles. The van der Waals surface area contributed by atoms with Crippen LogP contribution in [0, 0.1) is 11.3 Å². The Morgan fingerprint density at radius 3 is 2.22 bits per heavy atom. The van der Waals surface area contributed by atoms with Crippen LogP contribution in [0.1, 0.15) is 47.5 Å². The summed E-state index contributed by atoms with van der Waals surface area (Å²) < 4.78 is 0. The molecular weight excluding hydrogens is 232 g/mol. The SMILES string of the molecule is CC(C)CNC(=O)C1(ONC(=O)C(C)(C)C)CC1. The molecule has 0 aromatic rings. The number of nitrogens with one attached hydrogen (secondary N) is 2. The topological polar surface area (TPSA) is 67.4 Å². The molecule has 0 bridgehead atoms. The largest absolute Gasteiger partial charge is 0.353 e. The Kier molecular flexibility index (Phi) is 4.37. The zero-order valence-electron chi connectivity index (χ0n) is 11.9. The number of carbonyl (C=O) groups excluding carboxylic acids is 2. The molecule has 1 aliphatic rings. The smallest absolute Gasteiger partial charge is 0.255 e. The van der Waals surface area contributed by atoms with Crippen LogP contribution in [-0.2, 0) is 14.4 Å². The van der Waals surface area contributed by atoms with Crippen molar-refractivity contribution in [3.63, 3.8) is 0 Å². The van der Waals surface area contributed by atoms with Crippen LogP contribution in [0.3, 0.4) is 0 Å². The lowest BCUT2D eigenvalue weighted by atomic mass is 9.96. The van der Waals surface area contributed by atoms with Gasteiger partial charge in [0.15, 0.2) is 5.60 Å². The third kappa shape index (κ3) is 3.98. The Morgan fingerprint density at radius 2 is 1.83 bits per heavy atom. The minimum absolute atomic E-state index is 0.134. The first-order chi connectivity index (χ1) is 8.17. The molecule has 0 radical (unpaired) electrons. The molecule has 1 fully saturated rings. The molecule has 0 spiro atoms. The quantitative estimate of drug-likeness (QED) is 0.730. The average Bonchev–Trinajstić information content (AvgIpc) is 3.02. The summed E-state index contributed by atoms with van der Waals surface area (Å²) in [5, 5.41) is 2.83. The van der Waals surface area contributed by atoms with Crippen molar-refractivity contribution in [1.82, 2.24) is 10.8 Å². The van der Waals surface area contributed by atoms with Crippen molar-refractivity contribution in [1.29, 1.82) is 0 Å². The summed E-state index contributed by atoms with van der Waals surface area (Å²) in [6.45, 7) is 10.1. The second kappa shape index (κ2) is 5.26. The van der Waals surface area contributed by atoms with Gasteiger partial charge in [-0.15, -0.1) is 0 Å². The van der Waals surface area contributed by atoms with Crippen LogP contribution < -0.4 is 10.8 Å². The molecule has 0 aromatic heterocycles. The van der Waals surface area contributed by atoms with Crippen molar-refractivity contribution in [2.75, 3.05) is 6.54 Å². The molecule has 1 rings (SSSR count). The van der Waals surface area contributed by atoms with Gasteiger partial charge in [-0.25, -0.2) is 5.48 Å². The van der Waals surface area contributed by atoms with Gasteiger partial charge >= 0.3 is 0 Å². The molecule has 0 unspecified atom stereocenters. The Hall–Kier alpha value is -1.10. The lowest BCUT2D eigenvalue weighted by Crippen LogP contribution is -2.46. The third-order valence-electron chi connectivity index (χ3n) is 2.81. The first-order valence-corrected chi connectivity index (χ1v) is 6.44. The van der Waals surface area contributed by atoms with Crippen molar-refractivity contribution in [2.24, 2.45) is 11.3 Å². The van der Waals surface area contributed by atoms with Crippen LogP contribution in [0.15, 0.2) is 0 Å². The molecule has 2 amide bonds. The summed E-state index contributed by atoms with van der Waals surface area (Å²) in [6.07, 6.45) is 1.31. The standard InChI is InChI=1S/C13H24N2O3/c1-9(2)8-14-11(17)13(6-7-13)18-15-10(16)12(3,4)5/h9H,6-8H2,1-5H3,(H,14,17)(H,15,16). The van der Waals surface area contributed by atoms with E-state index in [2.05, 4.69) is 10.8 Å². The van der Waals surface area contributed by atoms with Crippen LogP contribution in [0.5, 0.6) is 0 Å². The van der Waals surface area contributed by atoms with Gasteiger partial charge < -0.3 is 5.32 Å². The van der Waals surface area contributed by atoms with E-state index in [1.807, 2.05) is 13.8 Å². The Labute approximate surface area is 109 Å². The number of rotatable bonds is 5. The highest BCUT2D eigenvalue weighted by atomic mass is 16.7. The van der Waals surface area contributed by atoms with E-state index in [4.69, 9.17) is 4.84 Å². The Bertz CT molecular complexity index is 328. The summed E-state index contributed by atoms with van der Waals surface area (Å²) in [7, 11) is 0. The van der Waals surface area contributed by atoms with Crippen LogP contribution in [0.2, 0.25) is 0 Å².